The van der Waals surface area contributed by atoms with Crippen molar-refractivity contribution in [2.45, 2.75) is 34.2 Å². The summed E-state index contributed by atoms with van der Waals surface area (Å²) in [6, 6.07) is 0. The van der Waals surface area contributed by atoms with Gasteiger partial charge in [0.15, 0.2) is 4.80 Å². The van der Waals surface area contributed by atoms with Gasteiger partial charge in [0.2, 0.25) is 11.8 Å². The highest BCUT2D eigenvalue weighted by Gasteiger charge is 2.22. The maximum Gasteiger partial charge on any atom is 0.343 e. The number of rotatable bonds is 3. The van der Waals surface area contributed by atoms with Crippen molar-refractivity contribution < 1.29 is 19.3 Å². The number of aromatic nitrogens is 1. The van der Waals surface area contributed by atoms with E-state index in [1.807, 2.05) is 0 Å². The highest BCUT2D eigenvalue weighted by molar-refractivity contribution is 7.12. The normalized spacial score (nSPS) is 12.1. The van der Waals surface area contributed by atoms with Gasteiger partial charge in [-0.2, -0.15) is 4.99 Å². The van der Waals surface area contributed by atoms with Crippen molar-refractivity contribution >= 4 is 34.1 Å². The summed E-state index contributed by atoms with van der Waals surface area (Å²) in [6.07, 6.45) is 1.11. The van der Waals surface area contributed by atoms with E-state index in [1.54, 1.807) is 20.8 Å². The number of thiazole rings is 1. The third-order valence-corrected chi connectivity index (χ3v) is 3.33. The first-order valence-electron chi connectivity index (χ1n) is 6.25. The van der Waals surface area contributed by atoms with E-state index in [1.165, 1.54) is 11.5 Å². The van der Waals surface area contributed by atoms with Gasteiger partial charge in [0.25, 0.3) is 5.91 Å². The molecule has 0 unspecified atom stereocenters. The molecule has 0 aliphatic rings. The van der Waals surface area contributed by atoms with Crippen molar-refractivity contribution in [2.24, 2.45) is 10.4 Å². The topological polar surface area (TPSA) is 124 Å². The number of carbonyl (C=O) groups is 3. The summed E-state index contributed by atoms with van der Waals surface area (Å²) >= 11 is 0.684. The molecule has 0 aliphatic carbocycles. The maximum atomic E-state index is 11.9. The average Bonchev–Trinajstić information content (AvgIpc) is 2.70. The first-order valence-corrected chi connectivity index (χ1v) is 7.06. The average molecular weight is 328 g/mol. The Hall–Kier alpha value is -2.36. The lowest BCUT2D eigenvalue weighted by Crippen LogP contribution is -2.34. The van der Waals surface area contributed by atoms with E-state index in [-0.39, 0.29) is 16.3 Å². The molecule has 10 heteroatoms. The molecule has 1 aromatic rings. The fourth-order valence-corrected chi connectivity index (χ4v) is 2.10. The smallest absolute Gasteiger partial charge is 0.307 e. The van der Waals surface area contributed by atoms with Crippen LogP contribution in [0.2, 0.25) is 0 Å². The van der Waals surface area contributed by atoms with Crippen LogP contribution < -0.4 is 10.1 Å². The van der Waals surface area contributed by atoms with Crippen LogP contribution in [0.15, 0.2) is 11.2 Å². The molecule has 3 amide bonds. The summed E-state index contributed by atoms with van der Waals surface area (Å²) in [6.45, 7) is 5.81. The van der Waals surface area contributed by atoms with E-state index >= 15 is 0 Å². The van der Waals surface area contributed by atoms with Crippen LogP contribution in [0.4, 0.5) is 5.00 Å². The zero-order valence-corrected chi connectivity index (χ0v) is 13.4. The number of nitrogens with zero attached hydrogens (tertiary/aromatic N) is 3. The molecule has 9 nitrogen and oxygen atoms in total. The van der Waals surface area contributed by atoms with E-state index in [2.05, 4.69) is 10.3 Å². The summed E-state index contributed by atoms with van der Waals surface area (Å²) < 4.78 is 1.17. The second-order valence-electron chi connectivity index (χ2n) is 5.51. The van der Waals surface area contributed by atoms with E-state index in [0.29, 0.717) is 11.3 Å². The summed E-state index contributed by atoms with van der Waals surface area (Å²) in [5.41, 5.74) is -0.752. The van der Waals surface area contributed by atoms with Crippen molar-refractivity contribution in [2.75, 3.05) is 0 Å². The Bertz CT molecular complexity index is 695. The number of nitrogens with one attached hydrogen (secondary N) is 1. The second-order valence-corrected chi connectivity index (χ2v) is 6.50. The summed E-state index contributed by atoms with van der Waals surface area (Å²) in [5, 5.41) is 12.6. The van der Waals surface area contributed by atoms with Crippen LogP contribution in [-0.2, 0) is 20.9 Å². The lowest BCUT2D eigenvalue weighted by Gasteiger charge is -2.11. The van der Waals surface area contributed by atoms with Gasteiger partial charge >= 0.3 is 5.00 Å². The minimum atomic E-state index is -0.752. The van der Waals surface area contributed by atoms with Crippen LogP contribution in [0, 0.1) is 15.5 Å². The van der Waals surface area contributed by atoms with Gasteiger partial charge in [0.05, 0.1) is 11.1 Å². The van der Waals surface area contributed by atoms with E-state index in [4.69, 9.17) is 0 Å². The van der Waals surface area contributed by atoms with Crippen molar-refractivity contribution in [1.29, 1.82) is 0 Å². The van der Waals surface area contributed by atoms with Crippen molar-refractivity contribution in [1.82, 2.24) is 9.88 Å². The van der Waals surface area contributed by atoms with Crippen molar-refractivity contribution in [3.8, 4) is 0 Å². The molecular weight excluding hydrogens is 312 g/mol. The highest BCUT2D eigenvalue weighted by Crippen LogP contribution is 2.17. The molecule has 0 radical (unpaired) electrons. The molecule has 0 aliphatic heterocycles. The summed E-state index contributed by atoms with van der Waals surface area (Å²) in [7, 11) is 0. The van der Waals surface area contributed by atoms with Crippen LogP contribution in [0.1, 0.15) is 27.7 Å². The van der Waals surface area contributed by atoms with Crippen LogP contribution in [0.5, 0.6) is 0 Å². The van der Waals surface area contributed by atoms with Crippen LogP contribution >= 0.6 is 11.3 Å². The third-order valence-electron chi connectivity index (χ3n) is 2.36. The number of nitro groups is 1. The molecule has 22 heavy (non-hydrogen) atoms. The summed E-state index contributed by atoms with van der Waals surface area (Å²) in [4.78, 5) is 48.4. The fraction of sp³-hybridized carbons (Fsp3) is 0.500. The standard InChI is InChI=1S/C12H16N4O5S/c1-7(17)13-8(18)5-15-6-9(16(20)21)22-11(15)14-10(19)12(2,3)4/h6H,5H2,1-4H3,(H,13,17,18). The first kappa shape index (κ1) is 17.7. The Balaban J connectivity index is 3.23. The molecule has 1 rings (SSSR count). The molecule has 120 valence electrons. The molecule has 0 saturated heterocycles. The van der Waals surface area contributed by atoms with E-state index in [0.717, 1.165) is 6.20 Å². The molecule has 1 N–H and O–H groups in total. The largest absolute Gasteiger partial charge is 0.343 e. The molecule has 0 bridgehead atoms. The number of hydrogen-bond donors (Lipinski definition) is 1. The Kier molecular flexibility index (Phi) is 5.31. The number of amides is 3. The zero-order valence-electron chi connectivity index (χ0n) is 12.6. The first-order chi connectivity index (χ1) is 10.0. The van der Waals surface area contributed by atoms with Gasteiger partial charge in [0.1, 0.15) is 6.54 Å². The Labute approximate surface area is 129 Å². The number of hydrogen-bond acceptors (Lipinski definition) is 6. The third kappa shape index (κ3) is 4.88. The zero-order chi connectivity index (χ0) is 17.1. The van der Waals surface area contributed by atoms with Gasteiger partial charge < -0.3 is 4.57 Å². The van der Waals surface area contributed by atoms with Gasteiger partial charge in [-0.1, -0.05) is 20.8 Å². The van der Waals surface area contributed by atoms with E-state index < -0.39 is 28.1 Å². The number of carbonyl (C=O) groups excluding carboxylic acids is 3. The minimum absolute atomic E-state index is 0.0327. The molecular formula is C12H16N4O5S. The number of imide groups is 1. The monoisotopic (exact) mass is 328 g/mol. The minimum Gasteiger partial charge on any atom is -0.307 e. The molecule has 0 atom stereocenters. The van der Waals surface area contributed by atoms with E-state index in [9.17, 15) is 24.5 Å². The van der Waals surface area contributed by atoms with Gasteiger partial charge in [-0.15, -0.1) is 0 Å². The highest BCUT2D eigenvalue weighted by atomic mass is 32.1. The molecule has 1 heterocycles. The SMILES string of the molecule is CC(=O)NC(=O)Cn1cc([N+](=O)[O-])sc1=NC(=O)C(C)(C)C. The van der Waals surface area contributed by atoms with Gasteiger partial charge in [-0.05, 0) is 11.3 Å². The van der Waals surface area contributed by atoms with Crippen LogP contribution in [0.3, 0.4) is 0 Å². The maximum absolute atomic E-state index is 11.9. The van der Waals surface area contributed by atoms with Crippen LogP contribution in [-0.4, -0.2) is 27.2 Å². The lowest BCUT2D eigenvalue weighted by atomic mass is 9.96. The fourth-order valence-electron chi connectivity index (χ4n) is 1.30. The molecule has 0 spiro atoms. The predicted octanol–water partition coefficient (Wildman–Crippen LogP) is 0.594. The Morgan fingerprint density at radius 2 is 2.00 bits per heavy atom. The van der Waals surface area contributed by atoms with Gasteiger partial charge in [-0.25, -0.2) is 0 Å². The molecule has 1 aromatic heterocycles. The summed E-state index contributed by atoms with van der Waals surface area (Å²) in [5.74, 6) is -1.66. The molecule has 0 fully saturated rings. The van der Waals surface area contributed by atoms with Crippen LogP contribution in [0.25, 0.3) is 0 Å². The van der Waals surface area contributed by atoms with Gasteiger partial charge in [0, 0.05) is 12.3 Å². The van der Waals surface area contributed by atoms with Crippen molar-refractivity contribution in [3.05, 3.63) is 21.1 Å². The molecule has 0 saturated carbocycles. The predicted molar refractivity (Wildman–Crippen MR) is 77.8 cm³/mol. The quantitative estimate of drug-likeness (QED) is 0.642. The van der Waals surface area contributed by atoms with Gasteiger partial charge in [-0.3, -0.25) is 29.8 Å². The molecule has 0 aromatic carbocycles. The second kappa shape index (κ2) is 6.60. The lowest BCUT2D eigenvalue weighted by molar-refractivity contribution is -0.380. The van der Waals surface area contributed by atoms with Crippen molar-refractivity contribution in [3.63, 3.8) is 0 Å². The Morgan fingerprint density at radius 1 is 1.41 bits per heavy atom. The Morgan fingerprint density at radius 3 is 2.45 bits per heavy atom.